The first-order chi connectivity index (χ1) is 15.1. The van der Waals surface area contributed by atoms with Gasteiger partial charge in [-0.2, -0.15) is 0 Å². The minimum Gasteiger partial charge on any atom is -0.462 e. The molecule has 0 aliphatic carbocycles. The van der Waals surface area contributed by atoms with Crippen molar-refractivity contribution in [3.8, 4) is 5.82 Å². The molecule has 1 fully saturated rings. The summed E-state index contributed by atoms with van der Waals surface area (Å²) >= 11 is 0. The van der Waals surface area contributed by atoms with Crippen LogP contribution in [0.15, 0.2) is 54.9 Å². The Morgan fingerprint density at radius 3 is 2.81 bits per heavy atom. The quantitative estimate of drug-likeness (QED) is 0.512. The molecule has 158 valence electrons. The Kier molecular flexibility index (Phi) is 5.03. The number of imidazole rings is 1. The number of fused-ring (bicyclic) bond motifs is 2. The first-order valence-corrected chi connectivity index (χ1v) is 10.7. The van der Waals surface area contributed by atoms with Crippen LogP contribution in [-0.4, -0.2) is 46.2 Å². The third-order valence-electron chi connectivity index (χ3n) is 5.87. The lowest BCUT2D eigenvalue weighted by Crippen LogP contribution is -2.39. The number of benzene rings is 2. The van der Waals surface area contributed by atoms with Crippen LogP contribution < -0.4 is 10.6 Å². The Bertz CT molecular complexity index is 1260. The van der Waals surface area contributed by atoms with Crippen LogP contribution in [0.2, 0.25) is 0 Å². The summed E-state index contributed by atoms with van der Waals surface area (Å²) in [6.45, 7) is 4.02. The smallest absolute Gasteiger partial charge is 0.338 e. The topological polar surface area (TPSA) is 86.3 Å². The lowest BCUT2D eigenvalue weighted by Gasteiger charge is -2.32. The van der Waals surface area contributed by atoms with E-state index < -0.39 is 0 Å². The molecule has 31 heavy (non-hydrogen) atoms. The number of anilines is 1. The van der Waals surface area contributed by atoms with Gasteiger partial charge >= 0.3 is 5.97 Å². The standard InChI is InChI=1S/C24H25N5O2/c1-2-31-24(30)17-6-8-20-19(14-17)26-15-29(20)22-9-7-16-4-3-5-21(23(16)27-22)28-12-10-18(25)11-13-28/h3-9,14-15,18H,2,10-13,25H2,1H3. The molecule has 0 radical (unpaired) electrons. The highest BCUT2D eigenvalue weighted by Crippen LogP contribution is 2.29. The summed E-state index contributed by atoms with van der Waals surface area (Å²) in [5.41, 5.74) is 10.3. The van der Waals surface area contributed by atoms with Crippen molar-refractivity contribution in [2.24, 2.45) is 5.73 Å². The Morgan fingerprint density at radius 1 is 1.16 bits per heavy atom. The summed E-state index contributed by atoms with van der Waals surface area (Å²) in [5, 5.41) is 1.10. The number of carbonyl (C=O) groups is 1. The van der Waals surface area contributed by atoms with E-state index in [0.29, 0.717) is 12.2 Å². The maximum atomic E-state index is 12.0. The molecule has 2 aromatic heterocycles. The number of ether oxygens (including phenoxy) is 1. The average molecular weight is 415 g/mol. The molecular weight excluding hydrogens is 390 g/mol. The van der Waals surface area contributed by atoms with Crippen LogP contribution in [0, 0.1) is 0 Å². The van der Waals surface area contributed by atoms with E-state index >= 15 is 0 Å². The Hall–Kier alpha value is -3.45. The van der Waals surface area contributed by atoms with Crippen LogP contribution >= 0.6 is 0 Å². The normalized spacial score (nSPS) is 15.0. The average Bonchev–Trinajstić information content (AvgIpc) is 3.22. The van der Waals surface area contributed by atoms with Gasteiger partial charge < -0.3 is 15.4 Å². The van der Waals surface area contributed by atoms with E-state index in [0.717, 1.165) is 59.4 Å². The summed E-state index contributed by atoms with van der Waals surface area (Å²) in [5.74, 6) is 0.453. The van der Waals surface area contributed by atoms with E-state index in [-0.39, 0.29) is 12.0 Å². The van der Waals surface area contributed by atoms with Crippen molar-refractivity contribution in [3.63, 3.8) is 0 Å². The van der Waals surface area contributed by atoms with E-state index in [1.165, 1.54) is 0 Å². The minimum absolute atomic E-state index is 0.284. The van der Waals surface area contributed by atoms with E-state index in [1.54, 1.807) is 25.4 Å². The molecule has 2 aromatic carbocycles. The highest BCUT2D eigenvalue weighted by Gasteiger charge is 2.19. The molecule has 0 spiro atoms. The molecule has 5 rings (SSSR count). The van der Waals surface area contributed by atoms with Gasteiger partial charge in [0.2, 0.25) is 0 Å². The second kappa shape index (κ2) is 8.00. The number of nitrogens with two attached hydrogens (primary N) is 1. The Balaban J connectivity index is 1.55. The molecule has 7 nitrogen and oxygen atoms in total. The van der Waals surface area contributed by atoms with Gasteiger partial charge in [0.1, 0.15) is 12.1 Å². The SMILES string of the molecule is CCOC(=O)c1ccc2c(c1)ncn2-c1ccc2cccc(N3CCC(N)CC3)c2n1. The third kappa shape index (κ3) is 3.61. The molecule has 0 unspecified atom stereocenters. The van der Waals surface area contributed by atoms with Gasteiger partial charge in [0.15, 0.2) is 0 Å². The number of esters is 1. The zero-order valence-corrected chi connectivity index (χ0v) is 17.5. The van der Waals surface area contributed by atoms with Gasteiger partial charge in [-0.25, -0.2) is 14.8 Å². The van der Waals surface area contributed by atoms with Crippen LogP contribution in [0.3, 0.4) is 0 Å². The second-order valence-electron chi connectivity index (χ2n) is 7.88. The van der Waals surface area contributed by atoms with Crippen molar-refractivity contribution < 1.29 is 9.53 Å². The number of hydrogen-bond acceptors (Lipinski definition) is 6. The van der Waals surface area contributed by atoms with Crippen molar-refractivity contribution in [3.05, 3.63) is 60.4 Å². The predicted molar refractivity (Wildman–Crippen MR) is 122 cm³/mol. The van der Waals surface area contributed by atoms with Crippen LogP contribution in [-0.2, 0) is 4.74 Å². The van der Waals surface area contributed by atoms with Crippen LogP contribution in [0.25, 0.3) is 27.8 Å². The number of nitrogens with zero attached hydrogens (tertiary/aromatic N) is 4. The molecule has 4 aromatic rings. The maximum Gasteiger partial charge on any atom is 0.338 e. The van der Waals surface area contributed by atoms with Gasteiger partial charge in [0, 0.05) is 24.5 Å². The highest BCUT2D eigenvalue weighted by atomic mass is 16.5. The summed E-state index contributed by atoms with van der Waals surface area (Å²) in [6.07, 6.45) is 3.73. The number of pyridine rings is 1. The summed E-state index contributed by atoms with van der Waals surface area (Å²) in [6, 6.07) is 16.1. The fraction of sp³-hybridized carbons (Fsp3) is 0.292. The molecule has 1 aliphatic rings. The molecule has 3 heterocycles. The molecular formula is C24H25N5O2. The fourth-order valence-corrected chi connectivity index (χ4v) is 4.19. The van der Waals surface area contributed by atoms with E-state index in [2.05, 4.69) is 34.1 Å². The Labute approximate surface area is 180 Å². The van der Waals surface area contributed by atoms with Gasteiger partial charge in [0.25, 0.3) is 0 Å². The monoisotopic (exact) mass is 415 g/mol. The van der Waals surface area contributed by atoms with E-state index in [1.807, 2.05) is 16.7 Å². The number of rotatable bonds is 4. The van der Waals surface area contributed by atoms with Crippen molar-refractivity contribution >= 4 is 33.6 Å². The fourth-order valence-electron chi connectivity index (χ4n) is 4.19. The molecule has 0 bridgehead atoms. The lowest BCUT2D eigenvalue weighted by molar-refractivity contribution is 0.0526. The number of para-hydroxylation sites is 1. The van der Waals surface area contributed by atoms with E-state index in [9.17, 15) is 4.79 Å². The first kappa shape index (κ1) is 19.5. The highest BCUT2D eigenvalue weighted by molar-refractivity contribution is 5.94. The van der Waals surface area contributed by atoms with Crippen LogP contribution in [0.1, 0.15) is 30.1 Å². The molecule has 0 atom stereocenters. The Morgan fingerprint density at radius 2 is 2.00 bits per heavy atom. The maximum absolute atomic E-state index is 12.0. The number of piperidine rings is 1. The van der Waals surface area contributed by atoms with E-state index in [4.69, 9.17) is 15.5 Å². The zero-order chi connectivity index (χ0) is 21.4. The van der Waals surface area contributed by atoms with Crippen molar-refractivity contribution in [2.45, 2.75) is 25.8 Å². The zero-order valence-electron chi connectivity index (χ0n) is 17.5. The molecule has 1 saturated heterocycles. The van der Waals surface area contributed by atoms with Gasteiger partial charge in [-0.15, -0.1) is 0 Å². The van der Waals surface area contributed by atoms with Gasteiger partial charge in [-0.3, -0.25) is 4.57 Å². The second-order valence-corrected chi connectivity index (χ2v) is 7.88. The minimum atomic E-state index is -0.339. The molecule has 2 N–H and O–H groups in total. The van der Waals surface area contributed by atoms with Gasteiger partial charge in [-0.05, 0) is 56.2 Å². The van der Waals surface area contributed by atoms with Crippen molar-refractivity contribution in [1.29, 1.82) is 0 Å². The summed E-state index contributed by atoms with van der Waals surface area (Å²) < 4.78 is 7.05. The largest absolute Gasteiger partial charge is 0.462 e. The molecule has 0 saturated carbocycles. The lowest BCUT2D eigenvalue weighted by atomic mass is 10.0. The third-order valence-corrected chi connectivity index (χ3v) is 5.87. The number of carbonyl (C=O) groups excluding carboxylic acids is 1. The summed E-state index contributed by atoms with van der Waals surface area (Å²) in [4.78, 5) is 23.9. The van der Waals surface area contributed by atoms with Gasteiger partial charge in [-0.1, -0.05) is 12.1 Å². The number of aromatic nitrogens is 3. The van der Waals surface area contributed by atoms with Crippen molar-refractivity contribution in [1.82, 2.24) is 14.5 Å². The van der Waals surface area contributed by atoms with Crippen molar-refractivity contribution in [2.75, 3.05) is 24.6 Å². The first-order valence-electron chi connectivity index (χ1n) is 10.7. The predicted octanol–water partition coefficient (Wildman–Crippen LogP) is 3.68. The van der Waals surface area contributed by atoms with Gasteiger partial charge in [0.05, 0.1) is 34.4 Å². The number of hydrogen-bond donors (Lipinski definition) is 1. The molecule has 7 heteroatoms. The molecule has 0 amide bonds. The molecule has 1 aliphatic heterocycles. The van der Waals surface area contributed by atoms with Crippen LogP contribution in [0.4, 0.5) is 5.69 Å². The summed E-state index contributed by atoms with van der Waals surface area (Å²) in [7, 11) is 0. The van der Waals surface area contributed by atoms with Crippen LogP contribution in [0.5, 0.6) is 0 Å².